The van der Waals surface area contributed by atoms with Crippen LogP contribution in [0.15, 0.2) is 146 Å². The third-order valence-corrected chi connectivity index (χ3v) is 14.1. The van der Waals surface area contributed by atoms with Crippen molar-refractivity contribution < 1.29 is 4.74 Å². The van der Waals surface area contributed by atoms with Crippen molar-refractivity contribution in [3.05, 3.63) is 168 Å². The Bertz CT molecular complexity index is 2800. The van der Waals surface area contributed by atoms with Gasteiger partial charge in [0.05, 0.1) is 0 Å². The Hall–Kier alpha value is -6.07. The summed E-state index contributed by atoms with van der Waals surface area (Å²) in [7, 11) is 0. The first-order valence-electron chi connectivity index (χ1n) is 21.7. The topological polar surface area (TPSA) is 28.6 Å². The number of hydrogen-bond acceptors (Lipinski definition) is 4. The van der Waals surface area contributed by atoms with Crippen LogP contribution in [0.2, 0.25) is 0 Å². The number of benzene rings is 6. The SMILES string of the molecule is CC1(C)CC(C)(C)c2cc(N(c3ccc4c(c3)N(c3ccccc3)c3nccc5c3B4c3ccc(-c4ccccc4)cc3O5)c3ccc4c(c3)C(C)(C)CC4(C)C)ccc21. The molecule has 0 saturated carbocycles. The quantitative estimate of drug-likeness (QED) is 0.163. The summed E-state index contributed by atoms with van der Waals surface area (Å²) in [6.45, 7) is 19.2. The number of para-hydroxylation sites is 1. The van der Waals surface area contributed by atoms with Gasteiger partial charge in [0.2, 0.25) is 0 Å². The van der Waals surface area contributed by atoms with E-state index >= 15 is 0 Å². The molecule has 11 rings (SSSR count). The molecule has 1 aromatic heterocycles. The minimum absolute atomic E-state index is 0.0548. The molecule has 2 aliphatic heterocycles. The first-order valence-corrected chi connectivity index (χ1v) is 21.7. The predicted molar refractivity (Wildman–Crippen MR) is 252 cm³/mol. The van der Waals surface area contributed by atoms with E-state index in [9.17, 15) is 0 Å². The molecule has 0 unspecified atom stereocenters. The average Bonchev–Trinajstić information content (AvgIpc) is 3.54. The Morgan fingerprint density at radius 3 is 1.70 bits per heavy atom. The second kappa shape index (κ2) is 12.7. The number of hydrogen-bond donors (Lipinski definition) is 0. The van der Waals surface area contributed by atoms with Crippen LogP contribution < -0.4 is 30.9 Å². The summed E-state index contributed by atoms with van der Waals surface area (Å²) in [5.74, 6) is 2.65. The predicted octanol–water partition coefficient (Wildman–Crippen LogP) is 12.5. The zero-order valence-electron chi connectivity index (χ0n) is 36.1. The molecule has 4 nitrogen and oxygen atoms in total. The van der Waals surface area contributed by atoms with Gasteiger partial charge in [-0.05, 0) is 139 Å². The second-order valence-electron chi connectivity index (χ2n) is 20.3. The van der Waals surface area contributed by atoms with Crippen molar-refractivity contribution in [1.29, 1.82) is 0 Å². The molecular weight excluding hydrogens is 729 g/mol. The van der Waals surface area contributed by atoms with Crippen molar-refractivity contribution in [1.82, 2.24) is 4.98 Å². The van der Waals surface area contributed by atoms with Crippen LogP contribution in [0.1, 0.15) is 90.5 Å². The van der Waals surface area contributed by atoms with Crippen molar-refractivity contribution in [2.45, 2.75) is 89.9 Å². The van der Waals surface area contributed by atoms with Crippen molar-refractivity contribution in [2.24, 2.45) is 0 Å². The highest BCUT2D eigenvalue weighted by Gasteiger charge is 2.45. The minimum Gasteiger partial charge on any atom is -0.458 e. The van der Waals surface area contributed by atoms with Gasteiger partial charge in [-0.2, -0.15) is 0 Å². The van der Waals surface area contributed by atoms with Gasteiger partial charge in [-0.3, -0.25) is 4.90 Å². The van der Waals surface area contributed by atoms with E-state index in [1.807, 2.05) is 12.3 Å². The van der Waals surface area contributed by atoms with Crippen LogP contribution in [-0.2, 0) is 21.7 Å². The van der Waals surface area contributed by atoms with Gasteiger partial charge in [0.1, 0.15) is 17.3 Å². The summed E-state index contributed by atoms with van der Waals surface area (Å²) >= 11 is 0. The van der Waals surface area contributed by atoms with Crippen molar-refractivity contribution in [3.63, 3.8) is 0 Å². The molecule has 0 amide bonds. The van der Waals surface area contributed by atoms with Gasteiger partial charge >= 0.3 is 0 Å². The molecular formula is C55H52BN3O. The molecule has 4 aliphatic rings. The van der Waals surface area contributed by atoms with Crippen molar-refractivity contribution in [2.75, 3.05) is 9.80 Å². The smallest absolute Gasteiger partial charge is 0.258 e. The third kappa shape index (κ3) is 5.54. The van der Waals surface area contributed by atoms with E-state index in [0.717, 1.165) is 63.7 Å². The highest BCUT2D eigenvalue weighted by Crippen LogP contribution is 2.54. The van der Waals surface area contributed by atoms with Crippen molar-refractivity contribution in [3.8, 4) is 22.6 Å². The molecule has 60 heavy (non-hydrogen) atoms. The normalized spacial score (nSPS) is 17.8. The molecule has 0 bridgehead atoms. The Balaban J connectivity index is 1.14. The van der Waals surface area contributed by atoms with Crippen LogP contribution in [-0.4, -0.2) is 11.7 Å². The van der Waals surface area contributed by atoms with Gasteiger partial charge in [-0.15, -0.1) is 0 Å². The number of ether oxygens (including phenoxy) is 1. The number of fused-ring (bicyclic) bond motifs is 6. The van der Waals surface area contributed by atoms with Gasteiger partial charge in [0.25, 0.3) is 6.71 Å². The second-order valence-corrected chi connectivity index (χ2v) is 20.3. The summed E-state index contributed by atoms with van der Waals surface area (Å²) in [6, 6.07) is 51.7. The molecule has 0 saturated heterocycles. The fourth-order valence-corrected chi connectivity index (χ4v) is 12.0. The van der Waals surface area contributed by atoms with Crippen LogP contribution in [0.25, 0.3) is 11.1 Å². The number of aromatic nitrogens is 1. The first-order chi connectivity index (χ1) is 28.7. The Morgan fingerprint density at radius 2 is 1.07 bits per heavy atom. The molecule has 0 radical (unpaired) electrons. The van der Waals surface area contributed by atoms with Gasteiger partial charge in [0, 0.05) is 40.1 Å². The summed E-state index contributed by atoms with van der Waals surface area (Å²) in [4.78, 5) is 10.0. The van der Waals surface area contributed by atoms with E-state index in [-0.39, 0.29) is 28.4 Å². The molecule has 0 spiro atoms. The molecule has 0 N–H and O–H groups in total. The molecule has 3 heterocycles. The zero-order valence-corrected chi connectivity index (χ0v) is 36.1. The number of nitrogens with zero attached hydrogens (tertiary/aromatic N) is 3. The summed E-state index contributed by atoms with van der Waals surface area (Å²) < 4.78 is 6.82. The Morgan fingerprint density at radius 1 is 0.517 bits per heavy atom. The van der Waals surface area contributed by atoms with Crippen molar-refractivity contribution >= 4 is 57.4 Å². The lowest BCUT2D eigenvalue weighted by Crippen LogP contribution is -2.59. The maximum atomic E-state index is 6.82. The van der Waals surface area contributed by atoms with Crippen LogP contribution >= 0.6 is 0 Å². The lowest BCUT2D eigenvalue weighted by molar-refractivity contribution is 0.403. The average molecular weight is 782 g/mol. The Kier molecular flexibility index (Phi) is 7.84. The van der Waals surface area contributed by atoms with Gasteiger partial charge < -0.3 is 9.64 Å². The van der Waals surface area contributed by atoms with Crippen LogP contribution in [0, 0.1) is 0 Å². The highest BCUT2D eigenvalue weighted by molar-refractivity contribution is 6.99. The van der Waals surface area contributed by atoms with Gasteiger partial charge in [0.15, 0.2) is 0 Å². The van der Waals surface area contributed by atoms with Gasteiger partial charge in [-0.1, -0.05) is 134 Å². The fraction of sp³-hybridized carbons (Fsp3) is 0.255. The Labute approximate surface area is 356 Å². The maximum Gasteiger partial charge on any atom is 0.258 e. The van der Waals surface area contributed by atoms with E-state index in [1.54, 1.807) is 0 Å². The lowest BCUT2D eigenvalue weighted by atomic mass is 9.34. The third-order valence-electron chi connectivity index (χ3n) is 14.1. The molecule has 7 aromatic rings. The summed E-state index contributed by atoms with van der Waals surface area (Å²) in [6.07, 6.45) is 4.15. The molecule has 6 aromatic carbocycles. The standard InChI is InChI=1S/C55H52BN3O/c1-52(2)33-54(5,6)43-30-38(20-23-41(43)52)58(39-21-24-42-44(31-39)55(7,8)34-53(42,3)4)40-22-26-45-47(32-40)59(37-17-13-10-14-18-37)51-50-48(27-28-57-51)60-49-29-36(19-25-46(49)56(45)50)35-15-11-9-12-16-35/h9-32H,33-34H2,1-8H3. The summed E-state index contributed by atoms with van der Waals surface area (Å²) in [5.41, 5.74) is 17.6. The van der Waals surface area contributed by atoms with E-state index < -0.39 is 0 Å². The minimum atomic E-state index is -0.0548. The van der Waals surface area contributed by atoms with Gasteiger partial charge in [-0.25, -0.2) is 4.98 Å². The van der Waals surface area contributed by atoms with Crippen LogP contribution in [0.3, 0.4) is 0 Å². The zero-order chi connectivity index (χ0) is 41.3. The van der Waals surface area contributed by atoms with E-state index in [4.69, 9.17) is 9.72 Å². The molecule has 296 valence electrons. The van der Waals surface area contributed by atoms with E-state index in [0.29, 0.717) is 0 Å². The van der Waals surface area contributed by atoms with Crippen LogP contribution in [0.5, 0.6) is 11.5 Å². The number of anilines is 6. The highest BCUT2D eigenvalue weighted by atomic mass is 16.5. The van der Waals surface area contributed by atoms with Crippen LogP contribution in [0.4, 0.5) is 34.3 Å². The number of pyridine rings is 1. The molecule has 0 atom stereocenters. The molecule has 2 aliphatic carbocycles. The lowest BCUT2D eigenvalue weighted by Gasteiger charge is -2.39. The molecule has 5 heteroatoms. The maximum absolute atomic E-state index is 6.82. The number of rotatable bonds is 5. The van der Waals surface area contributed by atoms with E-state index in [2.05, 4.69) is 199 Å². The monoisotopic (exact) mass is 781 g/mol. The largest absolute Gasteiger partial charge is 0.458 e. The molecule has 0 fully saturated rings. The fourth-order valence-electron chi connectivity index (χ4n) is 12.0. The summed E-state index contributed by atoms with van der Waals surface area (Å²) in [5, 5.41) is 0. The van der Waals surface area contributed by atoms with E-state index in [1.165, 1.54) is 44.7 Å². The first kappa shape index (κ1) is 37.0.